The zero-order valence-electron chi connectivity index (χ0n) is 13.4. The van der Waals surface area contributed by atoms with Gasteiger partial charge in [0.05, 0.1) is 12.0 Å². The molecule has 3 heterocycles. The van der Waals surface area contributed by atoms with Gasteiger partial charge in [0.1, 0.15) is 9.58 Å². The van der Waals surface area contributed by atoms with Crippen molar-refractivity contribution in [2.24, 2.45) is 0 Å². The van der Waals surface area contributed by atoms with Gasteiger partial charge in [-0.1, -0.05) is 17.8 Å². The third-order valence-electron chi connectivity index (χ3n) is 3.33. The minimum atomic E-state index is -0.826. The Balaban J connectivity index is 1.98. The predicted molar refractivity (Wildman–Crippen MR) is 100 cm³/mol. The number of hydrogen-bond donors (Lipinski definition) is 1. The first-order valence-corrected chi connectivity index (χ1v) is 9.91. The number of thiophene rings is 2. The average Bonchev–Trinajstić information content (AvgIpc) is 3.15. The highest BCUT2D eigenvalue weighted by atomic mass is 32.2. The molecule has 0 aromatic carbocycles. The molecule has 0 aliphatic heterocycles. The van der Waals surface area contributed by atoms with Crippen molar-refractivity contribution in [3.63, 3.8) is 0 Å². The molecule has 0 aliphatic carbocycles. The van der Waals surface area contributed by atoms with Crippen LogP contribution in [0.3, 0.4) is 0 Å². The topological polar surface area (TPSA) is 72.0 Å². The molecule has 5 nitrogen and oxygen atoms in total. The number of aromatic amines is 1. The monoisotopic (exact) mass is 380 g/mol. The van der Waals surface area contributed by atoms with Gasteiger partial charge in [0.25, 0.3) is 5.56 Å². The Hall–Kier alpha value is -1.64. The zero-order valence-corrected chi connectivity index (χ0v) is 15.9. The van der Waals surface area contributed by atoms with Crippen molar-refractivity contribution < 1.29 is 9.53 Å². The number of nitrogens with zero attached hydrogens (tertiary/aromatic N) is 1. The van der Waals surface area contributed by atoms with Crippen molar-refractivity contribution >= 4 is 50.6 Å². The molecule has 0 radical (unpaired) electrons. The molecule has 3 aromatic heterocycles. The fourth-order valence-electron chi connectivity index (χ4n) is 2.18. The lowest BCUT2D eigenvalue weighted by Gasteiger charge is -2.20. The Morgan fingerprint density at radius 1 is 1.42 bits per heavy atom. The molecule has 0 saturated heterocycles. The number of rotatable bonds is 5. The van der Waals surface area contributed by atoms with E-state index in [1.165, 1.54) is 23.1 Å². The Bertz CT molecular complexity index is 926. The average molecular weight is 381 g/mol. The highest BCUT2D eigenvalue weighted by molar-refractivity contribution is 8.01. The van der Waals surface area contributed by atoms with E-state index < -0.39 is 4.75 Å². The van der Waals surface area contributed by atoms with Crippen LogP contribution in [0.1, 0.15) is 20.8 Å². The normalized spacial score (nSPS) is 11.8. The van der Waals surface area contributed by atoms with Gasteiger partial charge in [-0.05, 0) is 32.2 Å². The largest absolute Gasteiger partial charge is 0.465 e. The van der Waals surface area contributed by atoms with E-state index in [0.29, 0.717) is 22.0 Å². The van der Waals surface area contributed by atoms with Crippen molar-refractivity contribution in [1.82, 2.24) is 9.97 Å². The van der Waals surface area contributed by atoms with E-state index >= 15 is 0 Å². The molecule has 3 aromatic rings. The summed E-state index contributed by atoms with van der Waals surface area (Å²) in [5.74, 6) is -0.330. The number of ether oxygens (including phenoxy) is 1. The van der Waals surface area contributed by atoms with E-state index in [9.17, 15) is 9.59 Å². The number of H-pyrrole nitrogens is 1. The molecule has 0 fully saturated rings. The van der Waals surface area contributed by atoms with E-state index in [0.717, 1.165) is 10.4 Å². The lowest BCUT2D eigenvalue weighted by Crippen LogP contribution is -2.30. The third kappa shape index (κ3) is 3.26. The first-order valence-electron chi connectivity index (χ1n) is 7.34. The molecule has 0 atom stereocenters. The Morgan fingerprint density at radius 3 is 2.88 bits per heavy atom. The van der Waals surface area contributed by atoms with Crippen molar-refractivity contribution in [1.29, 1.82) is 0 Å². The lowest BCUT2D eigenvalue weighted by atomic mass is 10.2. The summed E-state index contributed by atoms with van der Waals surface area (Å²) in [6.45, 7) is 5.60. The number of fused-ring (bicyclic) bond motifs is 1. The SMILES string of the molecule is CCOC(=O)C(C)(C)Sc1nc2scc(-c3cccs3)c2c(=O)[nH]1. The minimum Gasteiger partial charge on any atom is -0.465 e. The van der Waals surface area contributed by atoms with Crippen LogP contribution >= 0.6 is 34.4 Å². The molecule has 0 bridgehead atoms. The number of nitrogens with one attached hydrogen (secondary N) is 1. The summed E-state index contributed by atoms with van der Waals surface area (Å²) >= 11 is 4.22. The van der Waals surface area contributed by atoms with Gasteiger partial charge in [0.15, 0.2) is 5.16 Å². The maximum atomic E-state index is 12.5. The smallest absolute Gasteiger partial charge is 0.322 e. The second-order valence-electron chi connectivity index (χ2n) is 5.51. The van der Waals surface area contributed by atoms with E-state index in [2.05, 4.69) is 9.97 Å². The van der Waals surface area contributed by atoms with Crippen molar-refractivity contribution in [3.05, 3.63) is 33.2 Å². The Labute approximate surface area is 151 Å². The van der Waals surface area contributed by atoms with Crippen LogP contribution in [0, 0.1) is 0 Å². The highest BCUT2D eigenvalue weighted by Gasteiger charge is 2.32. The fourth-order valence-corrected chi connectivity index (χ4v) is 4.91. The Morgan fingerprint density at radius 2 is 2.21 bits per heavy atom. The maximum Gasteiger partial charge on any atom is 0.322 e. The van der Waals surface area contributed by atoms with Gasteiger partial charge in [-0.15, -0.1) is 22.7 Å². The third-order valence-corrected chi connectivity index (χ3v) is 6.17. The van der Waals surface area contributed by atoms with Gasteiger partial charge >= 0.3 is 5.97 Å². The van der Waals surface area contributed by atoms with Crippen molar-refractivity contribution in [2.45, 2.75) is 30.7 Å². The number of hydrogen-bond acceptors (Lipinski definition) is 7. The number of esters is 1. The second-order valence-corrected chi connectivity index (χ2v) is 8.93. The molecule has 0 spiro atoms. The molecule has 0 saturated carbocycles. The van der Waals surface area contributed by atoms with Gasteiger partial charge in [0, 0.05) is 15.8 Å². The van der Waals surface area contributed by atoms with Crippen LogP contribution in [-0.4, -0.2) is 27.3 Å². The van der Waals surface area contributed by atoms with Crippen LogP contribution in [0.2, 0.25) is 0 Å². The maximum absolute atomic E-state index is 12.5. The summed E-state index contributed by atoms with van der Waals surface area (Å²) in [5.41, 5.74) is 0.715. The van der Waals surface area contributed by atoms with E-state index in [-0.39, 0.29) is 11.5 Å². The molecule has 0 unspecified atom stereocenters. The quantitative estimate of drug-likeness (QED) is 0.409. The number of carbonyl (C=O) groups excluding carboxylic acids is 1. The van der Waals surface area contributed by atoms with Crippen LogP contribution in [0.4, 0.5) is 0 Å². The van der Waals surface area contributed by atoms with Gasteiger partial charge in [-0.25, -0.2) is 4.98 Å². The molecule has 8 heteroatoms. The molecule has 126 valence electrons. The zero-order chi connectivity index (χ0) is 17.3. The number of thioether (sulfide) groups is 1. The molecular formula is C16H16N2O3S3. The van der Waals surface area contributed by atoms with Crippen LogP contribution < -0.4 is 5.56 Å². The molecule has 0 aliphatic rings. The van der Waals surface area contributed by atoms with Gasteiger partial charge in [0.2, 0.25) is 0 Å². The number of carbonyl (C=O) groups is 1. The van der Waals surface area contributed by atoms with Gasteiger partial charge in [-0.2, -0.15) is 0 Å². The first kappa shape index (κ1) is 17.2. The summed E-state index contributed by atoms with van der Waals surface area (Å²) in [5, 5.41) is 4.95. The van der Waals surface area contributed by atoms with E-state index in [4.69, 9.17) is 4.74 Å². The molecule has 0 amide bonds. The molecule has 1 N–H and O–H groups in total. The molecular weight excluding hydrogens is 364 g/mol. The first-order chi connectivity index (χ1) is 11.4. The van der Waals surface area contributed by atoms with Crippen LogP contribution in [0.15, 0.2) is 32.8 Å². The van der Waals surface area contributed by atoms with Crippen molar-refractivity contribution in [2.75, 3.05) is 6.61 Å². The summed E-state index contributed by atoms with van der Waals surface area (Å²) in [6, 6.07) is 3.94. The highest BCUT2D eigenvalue weighted by Crippen LogP contribution is 2.36. The molecule has 24 heavy (non-hydrogen) atoms. The summed E-state index contributed by atoms with van der Waals surface area (Å²) < 4.78 is 4.25. The summed E-state index contributed by atoms with van der Waals surface area (Å²) in [7, 11) is 0. The van der Waals surface area contributed by atoms with E-state index in [1.807, 2.05) is 22.9 Å². The predicted octanol–water partition coefficient (Wildman–Crippen LogP) is 4.15. The van der Waals surface area contributed by atoms with Gasteiger partial charge in [-0.3, -0.25) is 9.59 Å². The van der Waals surface area contributed by atoms with E-state index in [1.54, 1.807) is 32.1 Å². The fraction of sp³-hybridized carbons (Fsp3) is 0.312. The molecule has 3 rings (SSSR count). The van der Waals surface area contributed by atoms with Crippen LogP contribution in [0.25, 0.3) is 20.7 Å². The Kier molecular flexibility index (Phi) is 4.80. The lowest BCUT2D eigenvalue weighted by molar-refractivity contribution is -0.145. The summed E-state index contributed by atoms with van der Waals surface area (Å²) in [6.07, 6.45) is 0. The number of aromatic nitrogens is 2. The van der Waals surface area contributed by atoms with Crippen LogP contribution in [0.5, 0.6) is 0 Å². The van der Waals surface area contributed by atoms with Crippen molar-refractivity contribution in [3.8, 4) is 10.4 Å². The summed E-state index contributed by atoms with van der Waals surface area (Å²) in [4.78, 5) is 33.6. The van der Waals surface area contributed by atoms with Gasteiger partial charge < -0.3 is 9.72 Å². The van der Waals surface area contributed by atoms with Crippen LogP contribution in [-0.2, 0) is 9.53 Å². The standard InChI is InChI=1S/C16H16N2O3S3/c1-4-21-14(20)16(2,3)24-15-17-12(19)11-9(8-23-13(11)18-15)10-6-5-7-22-10/h5-8H,4H2,1-3H3,(H,17,18,19). The minimum absolute atomic E-state index is 0.188. The second kappa shape index (κ2) is 6.70.